The van der Waals surface area contributed by atoms with E-state index in [9.17, 15) is 9.59 Å². The number of imide groups is 1. The molecule has 1 unspecified atom stereocenters. The van der Waals surface area contributed by atoms with Crippen molar-refractivity contribution in [1.82, 2.24) is 20.2 Å². The number of fused-ring (bicyclic) bond motifs is 3. The van der Waals surface area contributed by atoms with Crippen LogP contribution in [0.25, 0.3) is 21.9 Å². The van der Waals surface area contributed by atoms with Crippen molar-refractivity contribution < 1.29 is 14.3 Å². The number of ether oxygens (including phenoxy) is 1. The van der Waals surface area contributed by atoms with Crippen molar-refractivity contribution in [2.24, 2.45) is 0 Å². The number of hydrogen-bond acceptors (Lipinski definition) is 5. The van der Waals surface area contributed by atoms with Crippen molar-refractivity contribution in [3.63, 3.8) is 0 Å². The Morgan fingerprint density at radius 3 is 2.81 bits per heavy atom. The van der Waals surface area contributed by atoms with Gasteiger partial charge in [0.2, 0.25) is 11.8 Å². The number of pyridine rings is 1. The van der Waals surface area contributed by atoms with Crippen molar-refractivity contribution in [2.75, 3.05) is 19.7 Å². The van der Waals surface area contributed by atoms with Crippen LogP contribution in [0.3, 0.4) is 0 Å². The van der Waals surface area contributed by atoms with Gasteiger partial charge in [-0.05, 0) is 44.5 Å². The molecule has 2 aliphatic rings. The van der Waals surface area contributed by atoms with Gasteiger partial charge in [-0.1, -0.05) is 30.0 Å². The number of piperidine rings is 2. The molecule has 2 aliphatic heterocycles. The average molecular weight is 416 g/mol. The van der Waals surface area contributed by atoms with Crippen LogP contribution < -0.4 is 10.6 Å². The van der Waals surface area contributed by atoms with E-state index in [4.69, 9.17) is 4.74 Å². The minimum Gasteiger partial charge on any atom is -0.365 e. The molecule has 2 N–H and O–H groups in total. The fourth-order valence-electron chi connectivity index (χ4n) is 4.51. The zero-order valence-corrected chi connectivity index (χ0v) is 17.2. The SMILES string of the molecule is O=C1CCC(n2c3ccccc3c3c(C#CCOC4CCNCC4)ccnc32)C(=O)N1. The number of nitrogens with zero attached hydrogens (tertiary/aromatic N) is 2. The first kappa shape index (κ1) is 19.7. The van der Waals surface area contributed by atoms with Crippen molar-refractivity contribution in [1.29, 1.82) is 0 Å². The van der Waals surface area contributed by atoms with Gasteiger partial charge in [0.15, 0.2) is 0 Å². The number of hydrogen-bond donors (Lipinski definition) is 2. The lowest BCUT2D eigenvalue weighted by Gasteiger charge is -2.23. The number of carbonyl (C=O) groups is 2. The molecule has 158 valence electrons. The lowest BCUT2D eigenvalue weighted by molar-refractivity contribution is -0.135. The summed E-state index contributed by atoms with van der Waals surface area (Å²) in [5, 5.41) is 7.72. The van der Waals surface area contributed by atoms with Crippen molar-refractivity contribution in [3.8, 4) is 11.8 Å². The molecule has 2 fully saturated rings. The molecule has 1 aromatic carbocycles. The fraction of sp³-hybridized carbons (Fsp3) is 0.375. The monoisotopic (exact) mass is 416 g/mol. The lowest BCUT2D eigenvalue weighted by Crippen LogP contribution is -2.41. The first-order valence-electron chi connectivity index (χ1n) is 10.7. The second-order valence-corrected chi connectivity index (χ2v) is 7.97. The summed E-state index contributed by atoms with van der Waals surface area (Å²) in [6.07, 6.45) is 4.79. The molecule has 0 radical (unpaired) electrons. The van der Waals surface area contributed by atoms with E-state index in [1.54, 1.807) is 6.20 Å². The maximum absolute atomic E-state index is 12.6. The maximum Gasteiger partial charge on any atom is 0.249 e. The molecule has 2 aromatic heterocycles. The van der Waals surface area contributed by atoms with Gasteiger partial charge >= 0.3 is 0 Å². The van der Waals surface area contributed by atoms with Crippen LogP contribution in [0.5, 0.6) is 0 Å². The predicted octanol–water partition coefficient (Wildman–Crippen LogP) is 2.29. The van der Waals surface area contributed by atoms with Crippen LogP contribution in [-0.2, 0) is 14.3 Å². The second kappa shape index (κ2) is 8.50. The fourth-order valence-corrected chi connectivity index (χ4v) is 4.51. The van der Waals surface area contributed by atoms with Gasteiger partial charge in [-0.3, -0.25) is 14.9 Å². The minimum atomic E-state index is -0.473. The van der Waals surface area contributed by atoms with E-state index in [1.165, 1.54) is 0 Å². The predicted molar refractivity (Wildman–Crippen MR) is 117 cm³/mol. The molecule has 1 atom stereocenters. The summed E-state index contributed by atoms with van der Waals surface area (Å²) in [7, 11) is 0. The Hall–Kier alpha value is -3.21. The highest BCUT2D eigenvalue weighted by Crippen LogP contribution is 2.34. The van der Waals surface area contributed by atoms with Gasteiger partial charge in [-0.15, -0.1) is 0 Å². The second-order valence-electron chi connectivity index (χ2n) is 7.97. The largest absolute Gasteiger partial charge is 0.365 e. The van der Waals surface area contributed by atoms with Crippen molar-refractivity contribution in [2.45, 2.75) is 37.8 Å². The number of rotatable bonds is 3. The Labute approximate surface area is 180 Å². The Bertz CT molecular complexity index is 1210. The van der Waals surface area contributed by atoms with Crippen LogP contribution >= 0.6 is 0 Å². The number of para-hydroxylation sites is 1. The molecular formula is C24H24N4O3. The Morgan fingerprint density at radius 2 is 1.97 bits per heavy atom. The van der Waals surface area contributed by atoms with E-state index in [0.29, 0.717) is 25.1 Å². The highest BCUT2D eigenvalue weighted by atomic mass is 16.5. The van der Waals surface area contributed by atoms with E-state index in [-0.39, 0.29) is 17.9 Å². The lowest BCUT2D eigenvalue weighted by atomic mass is 10.1. The third-order valence-corrected chi connectivity index (χ3v) is 6.01. The van der Waals surface area contributed by atoms with Gasteiger partial charge in [-0.2, -0.15) is 0 Å². The molecule has 0 bridgehead atoms. The number of nitrogens with one attached hydrogen (secondary N) is 2. The van der Waals surface area contributed by atoms with Gasteiger partial charge < -0.3 is 14.6 Å². The summed E-state index contributed by atoms with van der Waals surface area (Å²) in [6, 6.07) is 9.36. The first-order valence-corrected chi connectivity index (χ1v) is 10.7. The molecule has 7 heteroatoms. The molecule has 2 amide bonds. The average Bonchev–Trinajstić information content (AvgIpc) is 3.13. The van der Waals surface area contributed by atoms with E-state index >= 15 is 0 Å². The van der Waals surface area contributed by atoms with Crippen LogP contribution in [-0.4, -0.2) is 47.2 Å². The zero-order chi connectivity index (χ0) is 21.2. The Balaban J connectivity index is 1.52. The normalized spacial score (nSPS) is 19.9. The number of aromatic nitrogens is 2. The molecule has 3 aromatic rings. The van der Waals surface area contributed by atoms with E-state index in [0.717, 1.165) is 47.8 Å². The summed E-state index contributed by atoms with van der Waals surface area (Å²) in [6.45, 7) is 2.37. The summed E-state index contributed by atoms with van der Waals surface area (Å²) in [5.74, 6) is 5.90. The number of amides is 2. The van der Waals surface area contributed by atoms with Crippen molar-refractivity contribution >= 4 is 33.8 Å². The van der Waals surface area contributed by atoms with Gasteiger partial charge in [0.05, 0.1) is 11.6 Å². The molecule has 0 saturated carbocycles. The van der Waals surface area contributed by atoms with Gasteiger partial charge in [0, 0.05) is 29.0 Å². The third kappa shape index (κ3) is 3.80. The van der Waals surface area contributed by atoms with Gasteiger partial charge in [0.1, 0.15) is 18.3 Å². The Morgan fingerprint density at radius 1 is 1.13 bits per heavy atom. The van der Waals surface area contributed by atoms with Crippen LogP contribution in [0.15, 0.2) is 36.5 Å². The highest BCUT2D eigenvalue weighted by Gasteiger charge is 2.31. The first-order chi connectivity index (χ1) is 15.2. The topological polar surface area (TPSA) is 85.2 Å². The quantitative estimate of drug-likeness (QED) is 0.506. The molecule has 5 rings (SSSR count). The smallest absolute Gasteiger partial charge is 0.249 e. The third-order valence-electron chi connectivity index (χ3n) is 6.01. The van der Waals surface area contributed by atoms with E-state index in [1.807, 2.05) is 34.9 Å². The standard InChI is InChI=1S/C24H24N4O3/c29-21-8-7-20(24(30)27-21)28-19-6-2-1-5-18(19)22-16(9-14-26-23(22)28)4-3-15-31-17-10-12-25-13-11-17/h1-2,5-6,9,14,17,20,25H,7-8,10-13,15H2,(H,27,29,30). The Kier molecular flexibility index (Phi) is 5.41. The molecule has 0 spiro atoms. The zero-order valence-electron chi connectivity index (χ0n) is 17.2. The highest BCUT2D eigenvalue weighted by molar-refractivity contribution is 6.11. The van der Waals surface area contributed by atoms with E-state index < -0.39 is 6.04 Å². The summed E-state index contributed by atoms with van der Waals surface area (Å²) in [5.41, 5.74) is 2.49. The van der Waals surface area contributed by atoms with Crippen LogP contribution in [0.1, 0.15) is 37.3 Å². The molecule has 0 aliphatic carbocycles. The summed E-state index contributed by atoms with van der Waals surface area (Å²) >= 11 is 0. The van der Waals surface area contributed by atoms with E-state index in [2.05, 4.69) is 27.5 Å². The molecule has 4 heterocycles. The van der Waals surface area contributed by atoms with Crippen LogP contribution in [0.2, 0.25) is 0 Å². The minimum absolute atomic E-state index is 0.227. The van der Waals surface area contributed by atoms with Crippen LogP contribution in [0.4, 0.5) is 0 Å². The van der Waals surface area contributed by atoms with Crippen molar-refractivity contribution in [3.05, 3.63) is 42.1 Å². The summed E-state index contributed by atoms with van der Waals surface area (Å²) < 4.78 is 7.86. The van der Waals surface area contributed by atoms with Gasteiger partial charge in [-0.25, -0.2) is 4.98 Å². The summed E-state index contributed by atoms with van der Waals surface area (Å²) in [4.78, 5) is 28.8. The number of carbonyl (C=O) groups excluding carboxylic acids is 2. The molecule has 2 saturated heterocycles. The van der Waals surface area contributed by atoms with Gasteiger partial charge in [0.25, 0.3) is 0 Å². The molecule has 31 heavy (non-hydrogen) atoms. The molecular weight excluding hydrogens is 392 g/mol. The number of benzene rings is 1. The maximum atomic E-state index is 12.6. The molecule has 7 nitrogen and oxygen atoms in total. The van der Waals surface area contributed by atoms with Crippen LogP contribution in [0, 0.1) is 11.8 Å².